The highest BCUT2D eigenvalue weighted by molar-refractivity contribution is 7.98. The van der Waals surface area contributed by atoms with Crippen molar-refractivity contribution in [3.63, 3.8) is 0 Å². The minimum atomic E-state index is 0.0951. The first-order chi connectivity index (χ1) is 8.83. The van der Waals surface area contributed by atoms with E-state index in [1.807, 2.05) is 18.2 Å². The van der Waals surface area contributed by atoms with Crippen molar-refractivity contribution in [2.24, 2.45) is 0 Å². The SMILES string of the molecule is O=C1Cc2c(cccc2SCc2ccccc2)N1. The van der Waals surface area contributed by atoms with Gasteiger partial charge >= 0.3 is 0 Å². The van der Waals surface area contributed by atoms with Crippen molar-refractivity contribution in [3.05, 3.63) is 59.7 Å². The van der Waals surface area contributed by atoms with Gasteiger partial charge in [-0.05, 0) is 23.3 Å². The monoisotopic (exact) mass is 255 g/mol. The third kappa shape index (κ3) is 2.27. The van der Waals surface area contributed by atoms with Crippen molar-refractivity contribution in [2.75, 3.05) is 5.32 Å². The number of nitrogens with one attached hydrogen (secondary N) is 1. The lowest BCUT2D eigenvalue weighted by Gasteiger charge is -2.06. The van der Waals surface area contributed by atoms with Gasteiger partial charge < -0.3 is 5.32 Å². The molecule has 0 atom stereocenters. The fourth-order valence-corrected chi connectivity index (χ4v) is 3.14. The lowest BCUT2D eigenvalue weighted by Crippen LogP contribution is -2.03. The molecule has 1 N–H and O–H groups in total. The van der Waals surface area contributed by atoms with Crippen molar-refractivity contribution in [1.82, 2.24) is 0 Å². The molecule has 0 saturated carbocycles. The summed E-state index contributed by atoms with van der Waals surface area (Å²) < 4.78 is 0. The maximum atomic E-state index is 11.4. The molecule has 1 heterocycles. The van der Waals surface area contributed by atoms with Crippen LogP contribution in [0.25, 0.3) is 0 Å². The molecule has 0 radical (unpaired) electrons. The fraction of sp³-hybridized carbons (Fsp3) is 0.133. The van der Waals surface area contributed by atoms with E-state index < -0.39 is 0 Å². The molecular formula is C15H13NOS. The number of fused-ring (bicyclic) bond motifs is 1. The van der Waals surface area contributed by atoms with Crippen LogP contribution < -0.4 is 5.32 Å². The van der Waals surface area contributed by atoms with Crippen molar-refractivity contribution in [3.8, 4) is 0 Å². The van der Waals surface area contributed by atoms with Gasteiger partial charge in [0.15, 0.2) is 0 Å². The third-order valence-corrected chi connectivity index (χ3v) is 4.15. The standard InChI is InChI=1S/C15H13NOS/c17-15-9-12-13(16-15)7-4-8-14(12)18-10-11-5-2-1-3-6-11/h1-8H,9-10H2,(H,16,17). The quantitative estimate of drug-likeness (QED) is 0.851. The van der Waals surface area contributed by atoms with E-state index in [-0.39, 0.29) is 5.91 Å². The van der Waals surface area contributed by atoms with E-state index >= 15 is 0 Å². The van der Waals surface area contributed by atoms with Crippen molar-refractivity contribution in [2.45, 2.75) is 17.1 Å². The maximum absolute atomic E-state index is 11.4. The number of hydrogen-bond acceptors (Lipinski definition) is 2. The molecule has 0 bridgehead atoms. The van der Waals surface area contributed by atoms with E-state index in [1.54, 1.807) is 11.8 Å². The van der Waals surface area contributed by atoms with Gasteiger partial charge in [0, 0.05) is 16.3 Å². The molecule has 0 unspecified atom stereocenters. The number of anilines is 1. The second kappa shape index (κ2) is 4.86. The summed E-state index contributed by atoms with van der Waals surface area (Å²) in [7, 11) is 0. The molecule has 0 aliphatic carbocycles. The molecule has 1 aliphatic rings. The number of rotatable bonds is 3. The minimum absolute atomic E-state index is 0.0951. The molecule has 90 valence electrons. The van der Waals surface area contributed by atoms with Gasteiger partial charge in [0.05, 0.1) is 6.42 Å². The average molecular weight is 255 g/mol. The molecule has 3 heteroatoms. The minimum Gasteiger partial charge on any atom is -0.325 e. The number of thioether (sulfide) groups is 1. The number of carbonyl (C=O) groups is 1. The Hall–Kier alpha value is -1.74. The van der Waals surface area contributed by atoms with Crippen LogP contribution in [-0.2, 0) is 17.0 Å². The fourth-order valence-electron chi connectivity index (χ4n) is 2.09. The Balaban J connectivity index is 1.78. The van der Waals surface area contributed by atoms with Crippen molar-refractivity contribution >= 4 is 23.4 Å². The molecule has 1 amide bonds. The van der Waals surface area contributed by atoms with Crippen LogP contribution in [0.15, 0.2) is 53.4 Å². The maximum Gasteiger partial charge on any atom is 0.228 e. The summed E-state index contributed by atoms with van der Waals surface area (Å²) in [5.74, 6) is 1.03. The predicted molar refractivity (Wildman–Crippen MR) is 74.8 cm³/mol. The highest BCUT2D eigenvalue weighted by Crippen LogP contribution is 2.34. The molecule has 0 saturated heterocycles. The van der Waals surface area contributed by atoms with E-state index in [9.17, 15) is 4.79 Å². The molecule has 18 heavy (non-hydrogen) atoms. The molecule has 0 spiro atoms. The van der Waals surface area contributed by atoms with Crippen molar-refractivity contribution in [1.29, 1.82) is 0 Å². The molecule has 0 aromatic heterocycles. The molecule has 2 aromatic carbocycles. The van der Waals surface area contributed by atoms with Gasteiger partial charge in [-0.15, -0.1) is 11.8 Å². The number of benzene rings is 2. The summed E-state index contributed by atoms with van der Waals surface area (Å²) in [5, 5.41) is 2.88. The number of carbonyl (C=O) groups excluding carboxylic acids is 1. The lowest BCUT2D eigenvalue weighted by molar-refractivity contribution is -0.115. The van der Waals surface area contributed by atoms with Gasteiger partial charge in [-0.1, -0.05) is 36.4 Å². The van der Waals surface area contributed by atoms with Crippen LogP contribution in [0.5, 0.6) is 0 Å². The second-order valence-corrected chi connectivity index (χ2v) is 5.30. The first kappa shape index (κ1) is 11.4. The van der Waals surface area contributed by atoms with Gasteiger partial charge in [-0.25, -0.2) is 0 Å². The Bertz CT molecular complexity index is 580. The molecule has 1 aliphatic heterocycles. The Kier molecular flexibility index (Phi) is 3.07. The molecule has 2 nitrogen and oxygen atoms in total. The van der Waals surface area contributed by atoms with Gasteiger partial charge in [0.1, 0.15) is 0 Å². The average Bonchev–Trinajstić information content (AvgIpc) is 2.78. The highest BCUT2D eigenvalue weighted by atomic mass is 32.2. The summed E-state index contributed by atoms with van der Waals surface area (Å²) in [6.45, 7) is 0. The van der Waals surface area contributed by atoms with E-state index in [0.29, 0.717) is 6.42 Å². The number of amides is 1. The largest absolute Gasteiger partial charge is 0.325 e. The van der Waals surface area contributed by atoms with Gasteiger partial charge in [0.25, 0.3) is 0 Å². The first-order valence-electron chi connectivity index (χ1n) is 5.91. The van der Waals surface area contributed by atoms with Crippen LogP contribution in [0.4, 0.5) is 5.69 Å². The summed E-state index contributed by atoms with van der Waals surface area (Å²) >= 11 is 1.79. The van der Waals surface area contributed by atoms with Crippen LogP contribution in [-0.4, -0.2) is 5.91 Å². The van der Waals surface area contributed by atoms with Gasteiger partial charge in [-0.3, -0.25) is 4.79 Å². The lowest BCUT2D eigenvalue weighted by atomic mass is 10.2. The van der Waals surface area contributed by atoms with Crippen LogP contribution in [0, 0.1) is 0 Å². The Morgan fingerprint density at radius 2 is 1.89 bits per heavy atom. The highest BCUT2D eigenvalue weighted by Gasteiger charge is 2.20. The molecule has 3 rings (SSSR count). The predicted octanol–water partition coefficient (Wildman–Crippen LogP) is 3.47. The van der Waals surface area contributed by atoms with Gasteiger partial charge in [0.2, 0.25) is 5.91 Å². The second-order valence-electron chi connectivity index (χ2n) is 4.28. The molecule has 0 fully saturated rings. The van der Waals surface area contributed by atoms with E-state index in [0.717, 1.165) is 17.0 Å². The summed E-state index contributed by atoms with van der Waals surface area (Å²) in [5.41, 5.74) is 3.42. The smallest absolute Gasteiger partial charge is 0.228 e. The summed E-state index contributed by atoms with van der Waals surface area (Å²) in [6.07, 6.45) is 0.507. The zero-order valence-corrected chi connectivity index (χ0v) is 10.7. The summed E-state index contributed by atoms with van der Waals surface area (Å²) in [6, 6.07) is 16.4. The normalized spacial score (nSPS) is 13.2. The molecular weight excluding hydrogens is 242 g/mol. The topological polar surface area (TPSA) is 29.1 Å². The Morgan fingerprint density at radius 3 is 2.72 bits per heavy atom. The Morgan fingerprint density at radius 1 is 1.06 bits per heavy atom. The number of hydrogen-bond donors (Lipinski definition) is 1. The van der Waals surface area contributed by atoms with Crippen LogP contribution in [0.1, 0.15) is 11.1 Å². The third-order valence-electron chi connectivity index (χ3n) is 2.98. The zero-order valence-electron chi connectivity index (χ0n) is 9.85. The first-order valence-corrected chi connectivity index (χ1v) is 6.90. The van der Waals surface area contributed by atoms with Crippen molar-refractivity contribution < 1.29 is 4.79 Å². The van der Waals surface area contributed by atoms with Crippen LogP contribution in [0.3, 0.4) is 0 Å². The Labute approximate surface area is 110 Å². The summed E-state index contributed by atoms with van der Waals surface area (Å²) in [4.78, 5) is 12.6. The van der Waals surface area contributed by atoms with E-state index in [1.165, 1.54) is 10.5 Å². The van der Waals surface area contributed by atoms with Gasteiger partial charge in [-0.2, -0.15) is 0 Å². The van der Waals surface area contributed by atoms with Crippen LogP contribution in [0.2, 0.25) is 0 Å². The molecule has 2 aromatic rings. The van der Waals surface area contributed by atoms with E-state index in [4.69, 9.17) is 0 Å². The van der Waals surface area contributed by atoms with E-state index in [2.05, 4.69) is 35.6 Å². The van der Waals surface area contributed by atoms with Crippen LogP contribution >= 0.6 is 11.8 Å². The zero-order chi connectivity index (χ0) is 12.4.